The summed E-state index contributed by atoms with van der Waals surface area (Å²) in [6.45, 7) is 4.55. The van der Waals surface area contributed by atoms with Gasteiger partial charge in [-0.1, -0.05) is 0 Å². The second kappa shape index (κ2) is 8.55. The zero-order chi connectivity index (χ0) is 15.0. The van der Waals surface area contributed by atoms with Crippen LogP contribution in [-0.2, 0) is 9.53 Å². The fourth-order valence-electron chi connectivity index (χ4n) is 1.70. The molecule has 20 heavy (non-hydrogen) atoms. The third kappa shape index (κ3) is 6.04. The maximum atomic E-state index is 11.9. The van der Waals surface area contributed by atoms with Gasteiger partial charge in [-0.3, -0.25) is 4.79 Å². The summed E-state index contributed by atoms with van der Waals surface area (Å²) >= 11 is 0. The van der Waals surface area contributed by atoms with Crippen LogP contribution in [0.3, 0.4) is 0 Å². The van der Waals surface area contributed by atoms with Gasteiger partial charge in [-0.2, -0.15) is 0 Å². The van der Waals surface area contributed by atoms with E-state index in [9.17, 15) is 4.79 Å². The number of ether oxygens (including phenoxy) is 2. The molecule has 112 valence electrons. The zero-order valence-electron chi connectivity index (χ0n) is 12.4. The smallest absolute Gasteiger partial charge is 0.241 e. The molecule has 0 saturated carbocycles. The summed E-state index contributed by atoms with van der Waals surface area (Å²) in [6, 6.07) is 6.74. The number of carbonyl (C=O) groups is 1. The van der Waals surface area contributed by atoms with Crippen molar-refractivity contribution in [3.05, 3.63) is 24.3 Å². The molecular weight excluding hydrogens is 256 g/mol. The maximum absolute atomic E-state index is 11.9. The minimum atomic E-state index is -0.517. The van der Waals surface area contributed by atoms with Gasteiger partial charge in [0.15, 0.2) is 0 Å². The molecule has 1 amide bonds. The van der Waals surface area contributed by atoms with Gasteiger partial charge in [-0.15, -0.1) is 0 Å². The minimum Gasteiger partial charge on any atom is -0.491 e. The van der Waals surface area contributed by atoms with Crippen LogP contribution in [0.5, 0.6) is 5.75 Å². The summed E-state index contributed by atoms with van der Waals surface area (Å²) in [7, 11) is 1.63. The Bertz CT molecular complexity index is 404. The number of hydrogen-bond donors (Lipinski definition) is 2. The van der Waals surface area contributed by atoms with Gasteiger partial charge in [-0.05, 0) is 51.0 Å². The Kier molecular flexibility index (Phi) is 7.04. The number of amides is 1. The first-order chi connectivity index (χ1) is 9.52. The van der Waals surface area contributed by atoms with Crippen LogP contribution < -0.4 is 15.8 Å². The molecule has 0 radical (unpaired) electrons. The monoisotopic (exact) mass is 280 g/mol. The number of nitrogens with two attached hydrogens (primary N) is 1. The molecule has 1 aromatic carbocycles. The van der Waals surface area contributed by atoms with Crippen LogP contribution in [0.2, 0.25) is 0 Å². The van der Waals surface area contributed by atoms with Crippen LogP contribution in [-0.4, -0.2) is 31.8 Å². The number of rotatable bonds is 8. The lowest BCUT2D eigenvalue weighted by molar-refractivity contribution is -0.117. The highest BCUT2D eigenvalue weighted by atomic mass is 16.5. The molecule has 5 heteroatoms. The standard InChI is InChI=1S/C15H24N2O3/c1-11(2)20-13-8-6-12(7-9-13)17-15(18)14(16)5-4-10-19-3/h6-9,11,14H,4-5,10,16H2,1-3H3,(H,17,18). The van der Waals surface area contributed by atoms with Crippen LogP contribution in [0, 0.1) is 0 Å². The van der Waals surface area contributed by atoms with Crippen molar-refractivity contribution >= 4 is 11.6 Å². The van der Waals surface area contributed by atoms with Gasteiger partial charge < -0.3 is 20.5 Å². The summed E-state index contributed by atoms with van der Waals surface area (Å²) in [4.78, 5) is 11.9. The maximum Gasteiger partial charge on any atom is 0.241 e. The fraction of sp³-hybridized carbons (Fsp3) is 0.533. The van der Waals surface area contributed by atoms with Gasteiger partial charge in [-0.25, -0.2) is 0 Å². The van der Waals surface area contributed by atoms with E-state index in [-0.39, 0.29) is 12.0 Å². The van der Waals surface area contributed by atoms with E-state index in [1.165, 1.54) is 0 Å². The number of anilines is 1. The highest BCUT2D eigenvalue weighted by Crippen LogP contribution is 2.17. The minimum absolute atomic E-state index is 0.129. The molecule has 3 N–H and O–H groups in total. The number of hydrogen-bond acceptors (Lipinski definition) is 4. The average molecular weight is 280 g/mol. The molecule has 1 unspecified atom stereocenters. The highest BCUT2D eigenvalue weighted by molar-refractivity contribution is 5.94. The van der Waals surface area contributed by atoms with Crippen molar-refractivity contribution in [3.8, 4) is 5.75 Å². The molecule has 0 aliphatic carbocycles. The van der Waals surface area contributed by atoms with Crippen LogP contribution in [0.4, 0.5) is 5.69 Å². The molecule has 0 heterocycles. The number of benzene rings is 1. The quantitative estimate of drug-likeness (QED) is 0.716. The van der Waals surface area contributed by atoms with E-state index in [0.717, 1.165) is 12.2 Å². The lowest BCUT2D eigenvalue weighted by Crippen LogP contribution is -2.35. The summed E-state index contributed by atoms with van der Waals surface area (Å²) in [5.74, 6) is 0.598. The number of methoxy groups -OCH3 is 1. The van der Waals surface area contributed by atoms with E-state index in [2.05, 4.69) is 5.32 Å². The second-order valence-electron chi connectivity index (χ2n) is 4.92. The van der Waals surface area contributed by atoms with Gasteiger partial charge in [0.05, 0.1) is 12.1 Å². The number of nitrogens with one attached hydrogen (secondary N) is 1. The predicted octanol–water partition coefficient (Wildman–Crippen LogP) is 2.17. The van der Waals surface area contributed by atoms with Crippen molar-refractivity contribution < 1.29 is 14.3 Å². The van der Waals surface area contributed by atoms with Gasteiger partial charge in [0, 0.05) is 19.4 Å². The Balaban J connectivity index is 2.45. The molecule has 0 fully saturated rings. The summed E-state index contributed by atoms with van der Waals surface area (Å²) in [5.41, 5.74) is 6.53. The Morgan fingerprint density at radius 3 is 2.50 bits per heavy atom. The van der Waals surface area contributed by atoms with Gasteiger partial charge >= 0.3 is 0 Å². The van der Waals surface area contributed by atoms with E-state index >= 15 is 0 Å². The Morgan fingerprint density at radius 2 is 1.95 bits per heavy atom. The van der Waals surface area contributed by atoms with Gasteiger partial charge in [0.2, 0.25) is 5.91 Å². The second-order valence-corrected chi connectivity index (χ2v) is 4.92. The third-order valence-corrected chi connectivity index (χ3v) is 2.69. The summed E-state index contributed by atoms with van der Waals surface area (Å²) < 4.78 is 10.5. The molecule has 0 aliphatic heterocycles. The molecule has 1 rings (SSSR count). The van der Waals surface area contributed by atoms with Gasteiger partial charge in [0.25, 0.3) is 0 Å². The Labute approximate surface area is 120 Å². The highest BCUT2D eigenvalue weighted by Gasteiger charge is 2.13. The van der Waals surface area contributed by atoms with Crippen LogP contribution in [0.15, 0.2) is 24.3 Å². The summed E-state index contributed by atoms with van der Waals surface area (Å²) in [5, 5.41) is 2.79. The molecule has 0 spiro atoms. The number of carbonyl (C=O) groups excluding carboxylic acids is 1. The molecule has 0 saturated heterocycles. The van der Waals surface area contributed by atoms with Crippen LogP contribution in [0.1, 0.15) is 26.7 Å². The topological polar surface area (TPSA) is 73.6 Å². The lowest BCUT2D eigenvalue weighted by Gasteiger charge is -2.13. The summed E-state index contributed by atoms with van der Waals surface area (Å²) in [6.07, 6.45) is 1.50. The molecule has 1 atom stereocenters. The largest absolute Gasteiger partial charge is 0.491 e. The molecule has 0 aliphatic rings. The average Bonchev–Trinajstić information content (AvgIpc) is 2.40. The van der Waals surface area contributed by atoms with Crippen LogP contribution in [0.25, 0.3) is 0 Å². The van der Waals surface area contributed by atoms with Crippen LogP contribution >= 0.6 is 0 Å². The Morgan fingerprint density at radius 1 is 1.30 bits per heavy atom. The van der Waals surface area contributed by atoms with Gasteiger partial charge in [0.1, 0.15) is 5.75 Å². The SMILES string of the molecule is COCCCC(N)C(=O)Nc1ccc(OC(C)C)cc1. The van der Waals surface area contributed by atoms with Crippen molar-refractivity contribution in [2.75, 3.05) is 19.0 Å². The first-order valence-corrected chi connectivity index (χ1v) is 6.85. The van der Waals surface area contributed by atoms with Crippen molar-refractivity contribution in [2.45, 2.75) is 38.8 Å². The van der Waals surface area contributed by atoms with Crippen molar-refractivity contribution in [3.63, 3.8) is 0 Å². The fourth-order valence-corrected chi connectivity index (χ4v) is 1.70. The normalized spacial score (nSPS) is 12.2. The predicted molar refractivity (Wildman–Crippen MR) is 79.9 cm³/mol. The molecule has 0 bridgehead atoms. The first kappa shape index (κ1) is 16.5. The molecule has 1 aromatic rings. The zero-order valence-corrected chi connectivity index (χ0v) is 12.4. The van der Waals surface area contributed by atoms with E-state index in [0.29, 0.717) is 18.7 Å². The van der Waals surface area contributed by atoms with E-state index in [4.69, 9.17) is 15.2 Å². The van der Waals surface area contributed by atoms with Crippen molar-refractivity contribution in [1.82, 2.24) is 0 Å². The van der Waals surface area contributed by atoms with E-state index in [1.807, 2.05) is 26.0 Å². The molecular formula is C15H24N2O3. The third-order valence-electron chi connectivity index (χ3n) is 2.69. The van der Waals surface area contributed by atoms with E-state index < -0.39 is 6.04 Å². The van der Waals surface area contributed by atoms with Crippen molar-refractivity contribution in [1.29, 1.82) is 0 Å². The molecule has 0 aromatic heterocycles. The first-order valence-electron chi connectivity index (χ1n) is 6.85. The Hall–Kier alpha value is -1.59. The lowest BCUT2D eigenvalue weighted by atomic mass is 10.1. The molecule has 5 nitrogen and oxygen atoms in total. The van der Waals surface area contributed by atoms with Crippen molar-refractivity contribution in [2.24, 2.45) is 5.73 Å². The van der Waals surface area contributed by atoms with E-state index in [1.54, 1.807) is 19.2 Å².